The second-order valence-corrected chi connectivity index (χ2v) is 6.64. The molecule has 1 heterocycles. The standard InChI is InChI=1S/C20H22F3N3O/c1-15-3-2-4-18(13-15)25-9-11-26(12-10-25)19(27)14-24-17-7-5-16(6-8-17)20(21,22)23/h2-8,13,24H,9-12,14H2,1H3. The number of carbonyl (C=O) groups excluding carboxylic acids is 1. The van der Waals surface area contributed by atoms with Crippen molar-refractivity contribution in [2.24, 2.45) is 0 Å². The van der Waals surface area contributed by atoms with E-state index >= 15 is 0 Å². The number of nitrogens with zero attached hydrogens (tertiary/aromatic N) is 2. The number of aryl methyl sites for hydroxylation is 1. The highest BCUT2D eigenvalue weighted by atomic mass is 19.4. The minimum atomic E-state index is -4.36. The molecule has 2 aromatic carbocycles. The fraction of sp³-hybridized carbons (Fsp3) is 0.350. The van der Waals surface area contributed by atoms with E-state index in [0.717, 1.165) is 30.9 Å². The van der Waals surface area contributed by atoms with Gasteiger partial charge in [-0.2, -0.15) is 13.2 Å². The summed E-state index contributed by atoms with van der Waals surface area (Å²) in [6, 6.07) is 13.0. The number of hydrogen-bond acceptors (Lipinski definition) is 3. The molecule has 1 aliphatic rings. The van der Waals surface area contributed by atoms with Gasteiger partial charge >= 0.3 is 6.18 Å². The van der Waals surface area contributed by atoms with Crippen molar-refractivity contribution in [1.29, 1.82) is 0 Å². The Morgan fingerprint density at radius 1 is 1.04 bits per heavy atom. The molecule has 0 atom stereocenters. The molecule has 0 spiro atoms. The molecule has 0 radical (unpaired) electrons. The summed E-state index contributed by atoms with van der Waals surface area (Å²) < 4.78 is 37.7. The lowest BCUT2D eigenvalue weighted by molar-refractivity contribution is -0.137. The van der Waals surface area contributed by atoms with E-state index in [1.54, 1.807) is 4.90 Å². The van der Waals surface area contributed by atoms with Crippen molar-refractivity contribution in [2.75, 3.05) is 42.9 Å². The summed E-state index contributed by atoms with van der Waals surface area (Å²) in [6.45, 7) is 4.89. The number of halogens is 3. The molecule has 0 saturated carbocycles. The fourth-order valence-electron chi connectivity index (χ4n) is 3.11. The number of carbonyl (C=O) groups is 1. The van der Waals surface area contributed by atoms with Crippen LogP contribution in [0.3, 0.4) is 0 Å². The van der Waals surface area contributed by atoms with Gasteiger partial charge < -0.3 is 15.1 Å². The minimum absolute atomic E-state index is 0.0567. The van der Waals surface area contributed by atoms with Crippen LogP contribution in [0.5, 0.6) is 0 Å². The third kappa shape index (κ3) is 4.93. The van der Waals surface area contributed by atoms with Crippen molar-refractivity contribution in [3.63, 3.8) is 0 Å². The first-order valence-corrected chi connectivity index (χ1v) is 8.83. The number of rotatable bonds is 4. The number of amides is 1. The minimum Gasteiger partial charge on any atom is -0.376 e. The zero-order valence-corrected chi connectivity index (χ0v) is 15.1. The molecule has 0 aliphatic carbocycles. The molecule has 0 unspecified atom stereocenters. The molecular weight excluding hydrogens is 355 g/mol. The highest BCUT2D eigenvalue weighted by Crippen LogP contribution is 2.29. The van der Waals surface area contributed by atoms with E-state index in [2.05, 4.69) is 35.3 Å². The first kappa shape index (κ1) is 19.1. The molecule has 3 rings (SSSR count). The maximum Gasteiger partial charge on any atom is 0.416 e. The average Bonchev–Trinajstić information content (AvgIpc) is 2.66. The molecule has 7 heteroatoms. The van der Waals surface area contributed by atoms with Gasteiger partial charge in [0.25, 0.3) is 0 Å². The fourth-order valence-corrected chi connectivity index (χ4v) is 3.11. The summed E-state index contributed by atoms with van der Waals surface area (Å²) in [5.74, 6) is -0.0567. The van der Waals surface area contributed by atoms with Crippen LogP contribution in [0.2, 0.25) is 0 Å². The van der Waals surface area contributed by atoms with Gasteiger partial charge in [0.1, 0.15) is 0 Å². The van der Waals surface area contributed by atoms with E-state index in [4.69, 9.17) is 0 Å². The zero-order valence-electron chi connectivity index (χ0n) is 15.1. The first-order valence-electron chi connectivity index (χ1n) is 8.83. The Labute approximate surface area is 156 Å². The molecule has 1 N–H and O–H groups in total. The van der Waals surface area contributed by atoms with Gasteiger partial charge in [-0.15, -0.1) is 0 Å². The SMILES string of the molecule is Cc1cccc(N2CCN(C(=O)CNc3ccc(C(F)(F)F)cc3)CC2)c1. The van der Waals surface area contributed by atoms with Gasteiger partial charge in [-0.3, -0.25) is 4.79 Å². The second-order valence-electron chi connectivity index (χ2n) is 6.64. The molecule has 1 saturated heterocycles. The number of anilines is 2. The largest absolute Gasteiger partial charge is 0.416 e. The van der Waals surface area contributed by atoms with E-state index in [0.29, 0.717) is 18.8 Å². The van der Waals surface area contributed by atoms with Gasteiger partial charge in [-0.1, -0.05) is 12.1 Å². The van der Waals surface area contributed by atoms with Crippen LogP contribution in [-0.4, -0.2) is 43.5 Å². The lowest BCUT2D eigenvalue weighted by atomic mass is 10.2. The Hall–Kier alpha value is -2.70. The Morgan fingerprint density at radius 3 is 2.30 bits per heavy atom. The molecule has 27 heavy (non-hydrogen) atoms. The van der Waals surface area contributed by atoms with Gasteiger partial charge in [0.2, 0.25) is 5.91 Å². The molecule has 1 amide bonds. The molecule has 144 valence electrons. The topological polar surface area (TPSA) is 35.6 Å². The van der Waals surface area contributed by atoms with E-state index in [1.807, 2.05) is 6.07 Å². The number of hydrogen-bond donors (Lipinski definition) is 1. The van der Waals surface area contributed by atoms with Gasteiger partial charge in [0, 0.05) is 37.6 Å². The summed E-state index contributed by atoms with van der Waals surface area (Å²) >= 11 is 0. The summed E-state index contributed by atoms with van der Waals surface area (Å²) in [5.41, 5.74) is 2.15. The van der Waals surface area contributed by atoms with Crippen molar-refractivity contribution < 1.29 is 18.0 Å². The van der Waals surface area contributed by atoms with Crippen molar-refractivity contribution in [3.8, 4) is 0 Å². The molecule has 4 nitrogen and oxygen atoms in total. The van der Waals surface area contributed by atoms with E-state index in [1.165, 1.54) is 17.7 Å². The number of piperazine rings is 1. The van der Waals surface area contributed by atoms with Crippen molar-refractivity contribution in [3.05, 3.63) is 59.7 Å². The number of benzene rings is 2. The maximum absolute atomic E-state index is 12.6. The van der Waals surface area contributed by atoms with E-state index in [9.17, 15) is 18.0 Å². The van der Waals surface area contributed by atoms with Crippen LogP contribution >= 0.6 is 0 Å². The first-order chi connectivity index (χ1) is 12.8. The van der Waals surface area contributed by atoms with Crippen molar-refractivity contribution >= 4 is 17.3 Å². The zero-order chi connectivity index (χ0) is 19.4. The summed E-state index contributed by atoms with van der Waals surface area (Å²) in [7, 11) is 0. The van der Waals surface area contributed by atoms with Crippen LogP contribution in [0.4, 0.5) is 24.5 Å². The van der Waals surface area contributed by atoms with Gasteiger partial charge in [-0.25, -0.2) is 0 Å². The van der Waals surface area contributed by atoms with Crippen molar-refractivity contribution in [2.45, 2.75) is 13.1 Å². The third-order valence-electron chi connectivity index (χ3n) is 4.66. The third-order valence-corrected chi connectivity index (χ3v) is 4.66. The van der Waals surface area contributed by atoms with Crippen LogP contribution in [0.15, 0.2) is 48.5 Å². The van der Waals surface area contributed by atoms with Gasteiger partial charge in [-0.05, 0) is 48.9 Å². The quantitative estimate of drug-likeness (QED) is 0.881. The lowest BCUT2D eigenvalue weighted by Crippen LogP contribution is -2.50. The molecular formula is C20H22F3N3O. The summed E-state index contributed by atoms with van der Waals surface area (Å²) in [5, 5.41) is 2.90. The Morgan fingerprint density at radius 2 is 1.70 bits per heavy atom. The smallest absolute Gasteiger partial charge is 0.376 e. The molecule has 0 bridgehead atoms. The molecule has 1 fully saturated rings. The predicted octanol–water partition coefficient (Wildman–Crippen LogP) is 3.77. The average molecular weight is 377 g/mol. The van der Waals surface area contributed by atoms with Gasteiger partial charge in [0.05, 0.1) is 12.1 Å². The molecule has 0 aromatic heterocycles. The Bertz CT molecular complexity index is 782. The lowest BCUT2D eigenvalue weighted by Gasteiger charge is -2.36. The number of nitrogens with one attached hydrogen (secondary N) is 1. The van der Waals surface area contributed by atoms with Crippen LogP contribution in [0.25, 0.3) is 0 Å². The molecule has 1 aliphatic heterocycles. The molecule has 2 aromatic rings. The van der Waals surface area contributed by atoms with E-state index in [-0.39, 0.29) is 12.5 Å². The predicted molar refractivity (Wildman–Crippen MR) is 99.9 cm³/mol. The summed E-state index contributed by atoms with van der Waals surface area (Å²) in [4.78, 5) is 16.4. The van der Waals surface area contributed by atoms with Crippen molar-refractivity contribution in [1.82, 2.24) is 4.90 Å². The van der Waals surface area contributed by atoms with Crippen LogP contribution < -0.4 is 10.2 Å². The highest BCUT2D eigenvalue weighted by Gasteiger charge is 2.30. The Kier molecular flexibility index (Phi) is 5.58. The number of alkyl halides is 3. The highest BCUT2D eigenvalue weighted by molar-refractivity contribution is 5.81. The Balaban J connectivity index is 1.48. The van der Waals surface area contributed by atoms with Gasteiger partial charge in [0.15, 0.2) is 0 Å². The van der Waals surface area contributed by atoms with Crippen LogP contribution in [0, 0.1) is 6.92 Å². The monoisotopic (exact) mass is 377 g/mol. The normalized spacial score (nSPS) is 15.0. The van der Waals surface area contributed by atoms with Crippen LogP contribution in [0.1, 0.15) is 11.1 Å². The second kappa shape index (κ2) is 7.90. The maximum atomic E-state index is 12.6. The van der Waals surface area contributed by atoms with E-state index < -0.39 is 11.7 Å². The summed E-state index contributed by atoms with van der Waals surface area (Å²) in [6.07, 6.45) is -4.36. The van der Waals surface area contributed by atoms with Crippen LogP contribution in [-0.2, 0) is 11.0 Å².